The number of nitrogens with one attached hydrogen (secondary N) is 1. The van der Waals surface area contributed by atoms with Crippen LogP contribution < -0.4 is 10.1 Å². The SMILES string of the molecule is CCn1cc(COc2ccccc2NC(C#N)=C(C#N)C#N)c(C)n1. The smallest absolute Gasteiger partial charge is 0.163 e. The van der Waals surface area contributed by atoms with E-state index in [0.717, 1.165) is 17.8 Å². The van der Waals surface area contributed by atoms with Crippen LogP contribution in [0.2, 0.25) is 0 Å². The lowest BCUT2D eigenvalue weighted by Gasteiger charge is -2.12. The van der Waals surface area contributed by atoms with Crippen LogP contribution in [-0.2, 0) is 13.2 Å². The molecule has 0 saturated heterocycles. The summed E-state index contributed by atoms with van der Waals surface area (Å²) in [6, 6.07) is 12.2. The highest BCUT2D eigenvalue weighted by Gasteiger charge is 2.11. The number of para-hydroxylation sites is 2. The van der Waals surface area contributed by atoms with Gasteiger partial charge in [0.1, 0.15) is 36.3 Å². The number of hydrogen-bond donors (Lipinski definition) is 1. The molecule has 0 spiro atoms. The van der Waals surface area contributed by atoms with Crippen molar-refractivity contribution in [1.29, 1.82) is 15.8 Å². The Morgan fingerprint density at radius 1 is 1.20 bits per heavy atom. The normalized spacial score (nSPS) is 9.40. The van der Waals surface area contributed by atoms with Crippen molar-refractivity contribution in [3.63, 3.8) is 0 Å². The molecule has 0 fully saturated rings. The summed E-state index contributed by atoms with van der Waals surface area (Å²) < 4.78 is 7.67. The Labute approximate surface area is 146 Å². The summed E-state index contributed by atoms with van der Waals surface area (Å²) in [5.74, 6) is 0.508. The quantitative estimate of drug-likeness (QED) is 0.814. The van der Waals surface area contributed by atoms with Crippen molar-refractivity contribution in [3.05, 3.63) is 53.0 Å². The van der Waals surface area contributed by atoms with Gasteiger partial charge in [0, 0.05) is 18.3 Å². The van der Waals surface area contributed by atoms with E-state index in [0.29, 0.717) is 18.0 Å². The second kappa shape index (κ2) is 8.19. The number of aromatic nitrogens is 2. The lowest BCUT2D eigenvalue weighted by molar-refractivity contribution is 0.307. The third-order valence-electron chi connectivity index (χ3n) is 3.49. The Morgan fingerprint density at radius 2 is 1.92 bits per heavy atom. The lowest BCUT2D eigenvalue weighted by atomic mass is 10.2. The molecule has 0 unspecified atom stereocenters. The summed E-state index contributed by atoms with van der Waals surface area (Å²) in [6.45, 7) is 5.02. The van der Waals surface area contributed by atoms with Crippen LogP contribution in [0.1, 0.15) is 18.2 Å². The first kappa shape index (κ1) is 17.6. The molecule has 7 heteroatoms. The third-order valence-corrected chi connectivity index (χ3v) is 3.49. The minimum absolute atomic E-state index is 0.115. The van der Waals surface area contributed by atoms with Crippen LogP contribution in [0.3, 0.4) is 0 Å². The van der Waals surface area contributed by atoms with Crippen molar-refractivity contribution in [2.75, 3.05) is 5.32 Å². The fourth-order valence-corrected chi connectivity index (χ4v) is 2.13. The number of ether oxygens (including phenoxy) is 1. The zero-order chi connectivity index (χ0) is 18.2. The van der Waals surface area contributed by atoms with Gasteiger partial charge in [0.15, 0.2) is 5.57 Å². The molecular weight excluding hydrogens is 316 g/mol. The van der Waals surface area contributed by atoms with Crippen molar-refractivity contribution in [2.24, 2.45) is 0 Å². The minimum atomic E-state index is -0.280. The molecular formula is C18H16N6O. The third kappa shape index (κ3) is 4.16. The number of hydrogen-bond acceptors (Lipinski definition) is 6. The van der Waals surface area contributed by atoms with Crippen molar-refractivity contribution >= 4 is 5.69 Å². The van der Waals surface area contributed by atoms with E-state index in [1.165, 1.54) is 0 Å². The molecule has 7 nitrogen and oxygen atoms in total. The number of benzene rings is 1. The predicted molar refractivity (Wildman–Crippen MR) is 90.9 cm³/mol. The van der Waals surface area contributed by atoms with Crippen molar-refractivity contribution < 1.29 is 4.74 Å². The molecule has 0 aliphatic rings. The molecule has 0 aliphatic heterocycles. The van der Waals surface area contributed by atoms with E-state index in [9.17, 15) is 0 Å². The molecule has 1 aromatic carbocycles. The zero-order valence-corrected chi connectivity index (χ0v) is 13.9. The molecule has 2 rings (SSSR count). The maximum Gasteiger partial charge on any atom is 0.163 e. The standard InChI is InChI=1S/C18H16N6O/c1-3-24-11-15(13(2)23-24)12-25-18-7-5-4-6-16(18)22-17(10-21)14(8-19)9-20/h4-7,11,22H,3,12H2,1-2H3. The topological polar surface area (TPSA) is 110 Å². The lowest BCUT2D eigenvalue weighted by Crippen LogP contribution is -2.04. The molecule has 0 radical (unpaired) electrons. The summed E-state index contributed by atoms with van der Waals surface area (Å²) in [5, 5.41) is 34.2. The molecule has 0 aliphatic carbocycles. The number of nitriles is 3. The van der Waals surface area contributed by atoms with Gasteiger partial charge in [-0.15, -0.1) is 0 Å². The molecule has 0 amide bonds. The van der Waals surface area contributed by atoms with Gasteiger partial charge in [0.05, 0.1) is 11.4 Å². The second-order valence-electron chi connectivity index (χ2n) is 5.09. The van der Waals surface area contributed by atoms with Gasteiger partial charge in [-0.05, 0) is 26.0 Å². The average molecular weight is 332 g/mol. The molecule has 0 atom stereocenters. The van der Waals surface area contributed by atoms with Crippen LogP contribution in [0.4, 0.5) is 5.69 Å². The number of nitrogens with zero attached hydrogens (tertiary/aromatic N) is 5. The fraction of sp³-hybridized carbons (Fsp3) is 0.222. The second-order valence-corrected chi connectivity index (χ2v) is 5.09. The van der Waals surface area contributed by atoms with E-state index in [4.69, 9.17) is 20.5 Å². The first-order chi connectivity index (χ1) is 12.1. The van der Waals surface area contributed by atoms with Gasteiger partial charge < -0.3 is 10.1 Å². The predicted octanol–water partition coefficient (Wildman–Crippen LogP) is 3.03. The molecule has 1 heterocycles. The fourth-order valence-electron chi connectivity index (χ4n) is 2.13. The molecule has 25 heavy (non-hydrogen) atoms. The van der Waals surface area contributed by atoms with Crippen molar-refractivity contribution in [1.82, 2.24) is 9.78 Å². The van der Waals surface area contributed by atoms with E-state index in [1.807, 2.05) is 30.8 Å². The minimum Gasteiger partial charge on any atom is -0.487 e. The van der Waals surface area contributed by atoms with E-state index in [-0.39, 0.29) is 11.3 Å². The number of rotatable bonds is 6. The molecule has 2 aromatic rings. The van der Waals surface area contributed by atoms with Crippen LogP contribution >= 0.6 is 0 Å². The van der Waals surface area contributed by atoms with Gasteiger partial charge in [0.25, 0.3) is 0 Å². The van der Waals surface area contributed by atoms with Gasteiger partial charge in [-0.3, -0.25) is 4.68 Å². The first-order valence-corrected chi connectivity index (χ1v) is 7.59. The molecule has 1 aromatic heterocycles. The summed E-state index contributed by atoms with van der Waals surface area (Å²) in [7, 11) is 0. The van der Waals surface area contributed by atoms with Gasteiger partial charge in [-0.25, -0.2) is 0 Å². The number of allylic oxidation sites excluding steroid dienone is 2. The van der Waals surface area contributed by atoms with Crippen LogP contribution in [-0.4, -0.2) is 9.78 Å². The van der Waals surface area contributed by atoms with E-state index < -0.39 is 0 Å². The highest BCUT2D eigenvalue weighted by molar-refractivity contribution is 5.64. The first-order valence-electron chi connectivity index (χ1n) is 7.59. The molecule has 124 valence electrons. The summed E-state index contributed by atoms with van der Waals surface area (Å²) in [5.41, 5.74) is 1.96. The van der Waals surface area contributed by atoms with Gasteiger partial charge in [0.2, 0.25) is 0 Å². The van der Waals surface area contributed by atoms with Crippen molar-refractivity contribution in [3.8, 4) is 24.0 Å². The Hall–Kier alpha value is -3.76. The molecule has 0 bridgehead atoms. The largest absolute Gasteiger partial charge is 0.487 e. The Bertz CT molecular complexity index is 904. The summed E-state index contributed by atoms with van der Waals surface area (Å²) in [6.07, 6.45) is 1.93. The summed E-state index contributed by atoms with van der Waals surface area (Å²) in [4.78, 5) is 0. The van der Waals surface area contributed by atoms with E-state index in [1.54, 1.807) is 36.4 Å². The van der Waals surface area contributed by atoms with Crippen LogP contribution in [0.5, 0.6) is 5.75 Å². The molecule has 1 N–H and O–H groups in total. The maximum absolute atomic E-state index is 9.16. The van der Waals surface area contributed by atoms with Crippen LogP contribution in [0, 0.1) is 40.9 Å². The Balaban J connectivity index is 2.23. The Morgan fingerprint density at radius 3 is 2.52 bits per heavy atom. The van der Waals surface area contributed by atoms with Gasteiger partial charge in [-0.1, -0.05) is 12.1 Å². The monoisotopic (exact) mass is 332 g/mol. The van der Waals surface area contributed by atoms with Crippen LogP contribution in [0.25, 0.3) is 0 Å². The highest BCUT2D eigenvalue weighted by Crippen LogP contribution is 2.27. The van der Waals surface area contributed by atoms with E-state index >= 15 is 0 Å². The average Bonchev–Trinajstić information content (AvgIpc) is 3.00. The maximum atomic E-state index is 9.16. The van der Waals surface area contributed by atoms with Gasteiger partial charge in [-0.2, -0.15) is 20.9 Å². The van der Waals surface area contributed by atoms with Crippen molar-refractivity contribution in [2.45, 2.75) is 27.0 Å². The number of aryl methyl sites for hydroxylation is 2. The molecule has 0 saturated carbocycles. The van der Waals surface area contributed by atoms with E-state index in [2.05, 4.69) is 10.4 Å². The highest BCUT2D eigenvalue weighted by atomic mass is 16.5. The van der Waals surface area contributed by atoms with Gasteiger partial charge >= 0.3 is 0 Å². The zero-order valence-electron chi connectivity index (χ0n) is 13.9. The number of anilines is 1. The van der Waals surface area contributed by atoms with Crippen LogP contribution in [0.15, 0.2) is 41.7 Å². The summed E-state index contributed by atoms with van der Waals surface area (Å²) >= 11 is 0. The Kier molecular flexibility index (Phi) is 5.77.